The van der Waals surface area contributed by atoms with Crippen molar-refractivity contribution in [3.05, 3.63) is 66.0 Å². The van der Waals surface area contributed by atoms with Gasteiger partial charge in [0.15, 0.2) is 11.5 Å². The lowest BCUT2D eigenvalue weighted by molar-refractivity contribution is 0.102. The van der Waals surface area contributed by atoms with Gasteiger partial charge < -0.3 is 10.7 Å². The molecule has 0 aliphatic rings. The number of nitrogens with one attached hydrogen (secondary N) is 2. The molecule has 2 heterocycles. The third-order valence-corrected chi connectivity index (χ3v) is 3.96. The third-order valence-electron chi connectivity index (χ3n) is 3.96. The average Bonchev–Trinajstić information content (AvgIpc) is 3.10. The highest BCUT2D eigenvalue weighted by atomic mass is 16.2. The minimum absolute atomic E-state index is 0.0122. The summed E-state index contributed by atoms with van der Waals surface area (Å²) in [6, 6.07) is 16.4. The summed E-state index contributed by atoms with van der Waals surface area (Å²) < 4.78 is 0. The van der Waals surface area contributed by atoms with Crippen LogP contribution in [0.15, 0.2) is 54.7 Å². The van der Waals surface area contributed by atoms with E-state index in [4.69, 9.17) is 5.73 Å². The monoisotopic (exact) mass is 355 g/mol. The Morgan fingerprint density at radius 3 is 2.70 bits per heavy atom. The second-order valence-electron chi connectivity index (χ2n) is 5.70. The van der Waals surface area contributed by atoms with Crippen LogP contribution in [0.25, 0.3) is 22.3 Å². The maximum Gasteiger partial charge on any atom is 0.280 e. The van der Waals surface area contributed by atoms with Crippen molar-refractivity contribution in [2.45, 2.75) is 0 Å². The Hall–Kier alpha value is -4.25. The predicted molar refractivity (Wildman–Crippen MR) is 101 cm³/mol. The second kappa shape index (κ2) is 6.57. The number of benzene rings is 2. The number of H-pyrrole nitrogens is 1. The highest BCUT2D eigenvalue weighted by Gasteiger charge is 2.17. The van der Waals surface area contributed by atoms with E-state index in [1.54, 1.807) is 24.3 Å². The fourth-order valence-corrected chi connectivity index (χ4v) is 2.68. The summed E-state index contributed by atoms with van der Waals surface area (Å²) in [6.45, 7) is 0. The largest absolute Gasteiger partial charge is 0.382 e. The molecule has 0 aliphatic heterocycles. The van der Waals surface area contributed by atoms with Crippen LogP contribution < -0.4 is 11.1 Å². The first-order valence-electron chi connectivity index (χ1n) is 8.04. The average molecular weight is 355 g/mol. The van der Waals surface area contributed by atoms with Crippen molar-refractivity contribution >= 4 is 28.7 Å². The lowest BCUT2D eigenvalue weighted by Crippen LogP contribution is -2.18. The number of hydrogen-bond acceptors (Lipinski definition) is 6. The first kappa shape index (κ1) is 16.2. The molecule has 0 aliphatic carbocycles. The molecule has 2 aromatic carbocycles. The summed E-state index contributed by atoms with van der Waals surface area (Å²) in [7, 11) is 0. The maximum atomic E-state index is 12.6. The molecule has 27 heavy (non-hydrogen) atoms. The highest BCUT2D eigenvalue weighted by Crippen LogP contribution is 2.22. The molecule has 0 saturated heterocycles. The van der Waals surface area contributed by atoms with Gasteiger partial charge in [-0.3, -0.25) is 10.1 Å². The SMILES string of the molecule is N#Cc1ccccc1-c1cnc(N)c(C(=O)Nc2nc3ccccc3[nH]2)n1. The van der Waals surface area contributed by atoms with E-state index in [1.165, 1.54) is 6.20 Å². The number of aromatic nitrogens is 4. The number of fused-ring (bicyclic) bond motifs is 1. The molecule has 0 bridgehead atoms. The zero-order valence-corrected chi connectivity index (χ0v) is 14.0. The fraction of sp³-hybridized carbons (Fsp3) is 0. The number of hydrogen-bond donors (Lipinski definition) is 3. The highest BCUT2D eigenvalue weighted by molar-refractivity contribution is 6.05. The van der Waals surface area contributed by atoms with E-state index in [2.05, 4.69) is 31.3 Å². The summed E-state index contributed by atoms with van der Waals surface area (Å²) in [5.41, 5.74) is 8.71. The van der Waals surface area contributed by atoms with Crippen LogP contribution in [-0.2, 0) is 0 Å². The Morgan fingerprint density at radius 2 is 1.89 bits per heavy atom. The van der Waals surface area contributed by atoms with Crippen LogP contribution in [0.2, 0.25) is 0 Å². The van der Waals surface area contributed by atoms with Gasteiger partial charge in [0.05, 0.1) is 34.6 Å². The van der Waals surface area contributed by atoms with Crippen LogP contribution in [0.1, 0.15) is 16.1 Å². The van der Waals surface area contributed by atoms with Crippen molar-refractivity contribution in [3.8, 4) is 17.3 Å². The number of carbonyl (C=O) groups excluding carboxylic acids is 1. The molecule has 4 N–H and O–H groups in total. The van der Waals surface area contributed by atoms with Crippen LogP contribution in [0.4, 0.5) is 11.8 Å². The molecule has 0 spiro atoms. The van der Waals surface area contributed by atoms with E-state index < -0.39 is 5.91 Å². The van der Waals surface area contributed by atoms with Crippen LogP contribution in [0.3, 0.4) is 0 Å². The van der Waals surface area contributed by atoms with Crippen LogP contribution in [0, 0.1) is 11.3 Å². The molecular weight excluding hydrogens is 342 g/mol. The van der Waals surface area contributed by atoms with Gasteiger partial charge in [-0.2, -0.15) is 5.26 Å². The number of nitrogens with two attached hydrogens (primary N) is 1. The van der Waals surface area contributed by atoms with Gasteiger partial charge in [-0.05, 0) is 18.2 Å². The van der Waals surface area contributed by atoms with E-state index in [0.717, 1.165) is 11.0 Å². The zero-order chi connectivity index (χ0) is 18.8. The molecule has 4 aromatic rings. The summed E-state index contributed by atoms with van der Waals surface area (Å²) in [5, 5.41) is 11.9. The Morgan fingerprint density at radius 1 is 1.11 bits per heavy atom. The zero-order valence-electron chi connectivity index (χ0n) is 14.0. The smallest absolute Gasteiger partial charge is 0.280 e. The van der Waals surface area contributed by atoms with Crippen molar-refractivity contribution in [1.82, 2.24) is 19.9 Å². The van der Waals surface area contributed by atoms with Crippen molar-refractivity contribution in [3.63, 3.8) is 0 Å². The van der Waals surface area contributed by atoms with Gasteiger partial charge in [-0.25, -0.2) is 15.0 Å². The number of aromatic amines is 1. The first-order chi connectivity index (χ1) is 13.2. The molecule has 0 radical (unpaired) electrons. The molecule has 0 saturated carbocycles. The molecule has 1 amide bonds. The number of rotatable bonds is 3. The molecule has 0 fully saturated rings. The van der Waals surface area contributed by atoms with E-state index >= 15 is 0 Å². The topological polar surface area (TPSA) is 133 Å². The van der Waals surface area contributed by atoms with Gasteiger partial charge in [0.2, 0.25) is 5.95 Å². The predicted octanol–water partition coefficient (Wildman–Crippen LogP) is 2.73. The van der Waals surface area contributed by atoms with Crippen molar-refractivity contribution in [1.29, 1.82) is 5.26 Å². The summed E-state index contributed by atoms with van der Waals surface area (Å²) in [4.78, 5) is 28.3. The molecule has 0 atom stereocenters. The Kier molecular flexibility index (Phi) is 3.95. The number of carbonyl (C=O) groups is 1. The van der Waals surface area contributed by atoms with Gasteiger partial charge in [-0.1, -0.05) is 30.3 Å². The molecular formula is C19H13N7O. The molecule has 2 aromatic heterocycles. The molecule has 8 heteroatoms. The maximum absolute atomic E-state index is 12.6. The van der Waals surface area contributed by atoms with Crippen molar-refractivity contribution in [2.24, 2.45) is 0 Å². The molecule has 0 unspecified atom stereocenters. The summed E-state index contributed by atoms with van der Waals surface area (Å²) in [5.74, 6) is -0.276. The minimum Gasteiger partial charge on any atom is -0.382 e. The molecule has 4 rings (SSSR count). The van der Waals surface area contributed by atoms with E-state index in [1.807, 2.05) is 24.3 Å². The van der Waals surface area contributed by atoms with E-state index in [0.29, 0.717) is 16.8 Å². The Balaban J connectivity index is 1.68. The normalized spacial score (nSPS) is 10.5. The Labute approximate surface area is 153 Å². The van der Waals surface area contributed by atoms with Crippen molar-refractivity contribution in [2.75, 3.05) is 11.1 Å². The number of nitriles is 1. The number of imidazole rings is 1. The van der Waals surface area contributed by atoms with Crippen molar-refractivity contribution < 1.29 is 4.79 Å². The van der Waals surface area contributed by atoms with Gasteiger partial charge >= 0.3 is 0 Å². The number of amides is 1. The lowest BCUT2D eigenvalue weighted by Gasteiger charge is -2.08. The van der Waals surface area contributed by atoms with Crippen LogP contribution >= 0.6 is 0 Å². The number of anilines is 2. The van der Waals surface area contributed by atoms with E-state index in [9.17, 15) is 10.1 Å². The van der Waals surface area contributed by atoms with Gasteiger partial charge in [0.25, 0.3) is 5.91 Å². The number of nitrogens with zero attached hydrogens (tertiary/aromatic N) is 4. The standard InChI is InChI=1S/C19H13N7O/c20-9-11-5-1-2-6-12(11)15-10-22-17(21)16(23-15)18(27)26-19-24-13-7-3-4-8-14(13)25-19/h1-8,10H,(H2,21,22)(H2,24,25,26,27). The van der Waals surface area contributed by atoms with Crippen LogP contribution in [0.5, 0.6) is 0 Å². The number of nitrogen functional groups attached to an aromatic ring is 1. The third kappa shape index (κ3) is 3.05. The fourth-order valence-electron chi connectivity index (χ4n) is 2.68. The minimum atomic E-state index is -0.546. The lowest BCUT2D eigenvalue weighted by atomic mass is 10.1. The Bertz CT molecular complexity index is 1170. The summed E-state index contributed by atoms with van der Waals surface area (Å²) >= 11 is 0. The first-order valence-corrected chi connectivity index (χ1v) is 8.04. The molecule has 130 valence electrons. The van der Waals surface area contributed by atoms with E-state index in [-0.39, 0.29) is 17.5 Å². The van der Waals surface area contributed by atoms with Gasteiger partial charge in [0.1, 0.15) is 0 Å². The second-order valence-corrected chi connectivity index (χ2v) is 5.70. The molecule has 8 nitrogen and oxygen atoms in total. The van der Waals surface area contributed by atoms with Crippen LogP contribution in [-0.4, -0.2) is 25.8 Å². The number of para-hydroxylation sites is 2. The summed E-state index contributed by atoms with van der Waals surface area (Å²) in [6.07, 6.45) is 1.43. The van der Waals surface area contributed by atoms with Gasteiger partial charge in [0, 0.05) is 5.56 Å². The van der Waals surface area contributed by atoms with Gasteiger partial charge in [-0.15, -0.1) is 0 Å². The quantitative estimate of drug-likeness (QED) is 0.517.